The molecular formula is C40H25N3O. The highest BCUT2D eigenvalue weighted by Gasteiger charge is 2.17. The molecule has 2 aromatic heterocycles. The first-order chi connectivity index (χ1) is 21.7. The SMILES string of the molecule is O=c1c2ccccc2n2c3ccccc3nc2n1-c1ccc(-c2ccc3c(-c4ccccc4)cc4ccccc4c3c2)cc1. The van der Waals surface area contributed by atoms with E-state index in [-0.39, 0.29) is 5.56 Å². The maximum atomic E-state index is 13.9. The summed E-state index contributed by atoms with van der Waals surface area (Å²) in [6.07, 6.45) is 0. The Bertz CT molecular complexity index is 2610. The van der Waals surface area contributed by atoms with Gasteiger partial charge in [0.2, 0.25) is 5.78 Å². The van der Waals surface area contributed by atoms with Crippen molar-refractivity contribution in [1.82, 2.24) is 14.0 Å². The Morgan fingerprint density at radius 1 is 0.477 bits per heavy atom. The number of aromatic nitrogens is 3. The second-order valence-corrected chi connectivity index (χ2v) is 11.2. The van der Waals surface area contributed by atoms with Gasteiger partial charge in [-0.3, -0.25) is 9.20 Å². The molecule has 9 aromatic rings. The van der Waals surface area contributed by atoms with Crippen molar-refractivity contribution in [3.8, 4) is 27.9 Å². The molecule has 0 saturated carbocycles. The van der Waals surface area contributed by atoms with Gasteiger partial charge in [-0.05, 0) is 92.3 Å². The lowest BCUT2D eigenvalue weighted by atomic mass is 9.91. The molecule has 0 amide bonds. The third kappa shape index (κ3) is 3.64. The van der Waals surface area contributed by atoms with Crippen LogP contribution in [-0.4, -0.2) is 14.0 Å². The molecule has 44 heavy (non-hydrogen) atoms. The molecule has 0 aliphatic rings. The molecule has 9 rings (SSSR count). The average molecular weight is 564 g/mol. The van der Waals surface area contributed by atoms with E-state index in [4.69, 9.17) is 4.98 Å². The van der Waals surface area contributed by atoms with Gasteiger partial charge in [-0.15, -0.1) is 0 Å². The number of rotatable bonds is 3. The van der Waals surface area contributed by atoms with Gasteiger partial charge in [0, 0.05) is 0 Å². The van der Waals surface area contributed by atoms with E-state index in [9.17, 15) is 4.79 Å². The lowest BCUT2D eigenvalue weighted by Crippen LogP contribution is -2.21. The van der Waals surface area contributed by atoms with E-state index in [1.807, 2.05) is 60.7 Å². The maximum absolute atomic E-state index is 13.9. The monoisotopic (exact) mass is 563 g/mol. The van der Waals surface area contributed by atoms with Crippen LogP contribution < -0.4 is 5.56 Å². The van der Waals surface area contributed by atoms with E-state index >= 15 is 0 Å². The van der Waals surface area contributed by atoms with Crippen LogP contribution in [0.1, 0.15) is 0 Å². The molecule has 4 nitrogen and oxygen atoms in total. The van der Waals surface area contributed by atoms with Crippen molar-refractivity contribution < 1.29 is 0 Å². The van der Waals surface area contributed by atoms with Gasteiger partial charge in [0.05, 0.1) is 27.6 Å². The van der Waals surface area contributed by atoms with Gasteiger partial charge >= 0.3 is 0 Å². The van der Waals surface area contributed by atoms with Crippen molar-refractivity contribution >= 4 is 49.3 Å². The fourth-order valence-corrected chi connectivity index (χ4v) is 6.64. The minimum Gasteiger partial charge on any atom is -0.277 e. The Morgan fingerprint density at radius 3 is 2.00 bits per heavy atom. The lowest BCUT2D eigenvalue weighted by Gasteiger charge is -2.14. The Morgan fingerprint density at radius 2 is 1.16 bits per heavy atom. The maximum Gasteiger partial charge on any atom is 0.267 e. The summed E-state index contributed by atoms with van der Waals surface area (Å²) in [4.78, 5) is 18.8. The standard InChI is InChI=1S/C40H25N3O/c44-39-33-14-6-8-16-37(33)43-38-17-9-7-15-36(38)41-40(43)42(39)30-21-18-26(19-22-30)28-20-23-32-34(27-10-2-1-3-11-27)25-29-12-4-5-13-31(29)35(32)24-28/h1-25H. The van der Waals surface area contributed by atoms with Crippen LogP contribution in [0, 0.1) is 0 Å². The lowest BCUT2D eigenvalue weighted by molar-refractivity contribution is 0.983. The minimum atomic E-state index is -0.0817. The quantitative estimate of drug-likeness (QED) is 0.201. The fraction of sp³-hybridized carbons (Fsp3) is 0. The predicted octanol–water partition coefficient (Wildman–Crippen LogP) is 9.43. The molecule has 0 saturated heterocycles. The molecule has 7 aromatic carbocycles. The van der Waals surface area contributed by atoms with Gasteiger partial charge in [0.1, 0.15) is 0 Å². The third-order valence-corrected chi connectivity index (χ3v) is 8.73. The van der Waals surface area contributed by atoms with E-state index in [1.54, 1.807) is 4.57 Å². The Labute approximate surface area is 252 Å². The molecule has 0 radical (unpaired) electrons. The molecule has 0 spiro atoms. The van der Waals surface area contributed by atoms with Crippen LogP contribution in [0.5, 0.6) is 0 Å². The first kappa shape index (κ1) is 24.6. The number of para-hydroxylation sites is 3. The van der Waals surface area contributed by atoms with Crippen LogP contribution in [0.15, 0.2) is 156 Å². The fourth-order valence-electron chi connectivity index (χ4n) is 6.64. The van der Waals surface area contributed by atoms with Gasteiger partial charge in [0.25, 0.3) is 5.56 Å². The van der Waals surface area contributed by atoms with Crippen molar-refractivity contribution in [1.29, 1.82) is 0 Å². The van der Waals surface area contributed by atoms with Crippen LogP contribution in [-0.2, 0) is 0 Å². The molecule has 0 atom stereocenters. The summed E-state index contributed by atoms with van der Waals surface area (Å²) in [5.41, 5.74) is 8.03. The summed E-state index contributed by atoms with van der Waals surface area (Å²) in [6.45, 7) is 0. The van der Waals surface area contributed by atoms with Crippen molar-refractivity contribution in [3.05, 3.63) is 162 Å². The number of hydrogen-bond donors (Lipinski definition) is 0. The van der Waals surface area contributed by atoms with Crippen molar-refractivity contribution in [2.75, 3.05) is 0 Å². The smallest absolute Gasteiger partial charge is 0.267 e. The highest BCUT2D eigenvalue weighted by atomic mass is 16.1. The molecule has 0 aliphatic heterocycles. The first-order valence-electron chi connectivity index (χ1n) is 14.8. The van der Waals surface area contributed by atoms with Gasteiger partial charge < -0.3 is 0 Å². The Hall–Kier alpha value is -6.00. The molecular weight excluding hydrogens is 538 g/mol. The largest absolute Gasteiger partial charge is 0.277 e. The number of imidazole rings is 1. The van der Waals surface area contributed by atoms with Gasteiger partial charge in [-0.25, -0.2) is 9.55 Å². The average Bonchev–Trinajstić information content (AvgIpc) is 3.48. The second kappa shape index (κ2) is 9.51. The van der Waals surface area contributed by atoms with Crippen molar-refractivity contribution in [2.24, 2.45) is 0 Å². The second-order valence-electron chi connectivity index (χ2n) is 11.2. The Kier molecular flexibility index (Phi) is 5.32. The minimum absolute atomic E-state index is 0.0817. The summed E-state index contributed by atoms with van der Waals surface area (Å²) in [5.74, 6) is 0.605. The molecule has 0 N–H and O–H groups in total. The van der Waals surface area contributed by atoms with Crippen LogP contribution in [0.25, 0.3) is 77.2 Å². The van der Waals surface area contributed by atoms with Crippen LogP contribution >= 0.6 is 0 Å². The van der Waals surface area contributed by atoms with E-state index in [1.165, 1.54) is 32.7 Å². The zero-order valence-corrected chi connectivity index (χ0v) is 23.7. The molecule has 2 heterocycles. The summed E-state index contributed by atoms with van der Waals surface area (Å²) in [6, 6.07) is 52.2. The van der Waals surface area contributed by atoms with Gasteiger partial charge in [-0.1, -0.05) is 103 Å². The molecule has 0 unspecified atom stereocenters. The highest BCUT2D eigenvalue weighted by molar-refractivity contribution is 6.14. The van der Waals surface area contributed by atoms with Crippen LogP contribution in [0.2, 0.25) is 0 Å². The number of hydrogen-bond acceptors (Lipinski definition) is 2. The summed E-state index contributed by atoms with van der Waals surface area (Å²) >= 11 is 0. The molecule has 0 aliphatic carbocycles. The number of nitrogens with zero attached hydrogens (tertiary/aromatic N) is 3. The third-order valence-electron chi connectivity index (χ3n) is 8.73. The van der Waals surface area contributed by atoms with Crippen molar-refractivity contribution in [3.63, 3.8) is 0 Å². The number of fused-ring (bicyclic) bond motifs is 8. The summed E-state index contributed by atoms with van der Waals surface area (Å²) < 4.78 is 3.81. The predicted molar refractivity (Wildman–Crippen MR) is 182 cm³/mol. The topological polar surface area (TPSA) is 39.3 Å². The van der Waals surface area contributed by atoms with Crippen LogP contribution in [0.3, 0.4) is 0 Å². The molecule has 0 bridgehead atoms. The van der Waals surface area contributed by atoms with Crippen molar-refractivity contribution in [2.45, 2.75) is 0 Å². The molecule has 4 heteroatoms. The zero-order valence-electron chi connectivity index (χ0n) is 23.7. The van der Waals surface area contributed by atoms with Gasteiger partial charge in [-0.2, -0.15) is 0 Å². The number of benzene rings is 7. The molecule has 0 fully saturated rings. The Balaban J connectivity index is 1.22. The summed E-state index contributed by atoms with van der Waals surface area (Å²) in [7, 11) is 0. The zero-order chi connectivity index (χ0) is 29.2. The van der Waals surface area contributed by atoms with E-state index in [2.05, 4.69) is 95.4 Å². The summed E-state index contributed by atoms with van der Waals surface area (Å²) in [5, 5.41) is 5.56. The van der Waals surface area contributed by atoms with Gasteiger partial charge in [0.15, 0.2) is 0 Å². The van der Waals surface area contributed by atoms with Crippen LogP contribution in [0.4, 0.5) is 0 Å². The normalized spacial score (nSPS) is 11.7. The highest BCUT2D eigenvalue weighted by Crippen LogP contribution is 2.37. The van der Waals surface area contributed by atoms with E-state index in [0.29, 0.717) is 11.2 Å². The first-order valence-corrected chi connectivity index (χ1v) is 14.8. The van der Waals surface area contributed by atoms with E-state index in [0.717, 1.165) is 33.4 Å². The molecule has 206 valence electrons. The van der Waals surface area contributed by atoms with E-state index < -0.39 is 0 Å².